The Morgan fingerprint density at radius 3 is 1.90 bits per heavy atom. The van der Waals surface area contributed by atoms with Gasteiger partial charge in [-0.25, -0.2) is 24.8 Å². The molecule has 4 atom stereocenters. The highest BCUT2D eigenvalue weighted by Crippen LogP contribution is 2.34. The van der Waals surface area contributed by atoms with Crippen molar-refractivity contribution in [3.8, 4) is 33.6 Å². The van der Waals surface area contributed by atoms with E-state index in [-0.39, 0.29) is 18.2 Å². The van der Waals surface area contributed by atoms with Crippen LogP contribution >= 0.6 is 0 Å². The van der Waals surface area contributed by atoms with Crippen LogP contribution in [0.4, 0.5) is 4.79 Å². The zero-order chi connectivity index (χ0) is 29.6. The van der Waals surface area contributed by atoms with Crippen LogP contribution in [0.1, 0.15) is 71.2 Å². The summed E-state index contributed by atoms with van der Waals surface area (Å²) in [6, 6.07) is 17.7. The van der Waals surface area contributed by atoms with Gasteiger partial charge in [0.05, 0.1) is 29.8 Å². The zero-order valence-electron chi connectivity index (χ0n) is 25.3. The van der Waals surface area contributed by atoms with Crippen LogP contribution in [0.15, 0.2) is 60.9 Å². The van der Waals surface area contributed by atoms with Crippen LogP contribution in [-0.4, -0.2) is 61.3 Å². The van der Waals surface area contributed by atoms with Crippen molar-refractivity contribution in [2.45, 2.75) is 71.2 Å². The van der Waals surface area contributed by atoms with Gasteiger partial charge in [0.25, 0.3) is 0 Å². The van der Waals surface area contributed by atoms with Crippen LogP contribution in [0, 0.1) is 5.92 Å². The number of hydrazine groups is 1. The van der Waals surface area contributed by atoms with Crippen molar-refractivity contribution in [3.05, 3.63) is 72.6 Å². The summed E-state index contributed by atoms with van der Waals surface area (Å²) in [4.78, 5) is 29.2. The SMILES string of the molecule is C[C@@H]1C[C@@H](c2ncc(-c3ccc(-c4ccc(-c5cnc([C@@H]6CCN(C)N6C(=O)OC(C)(C)C)[nH]5)cc4)cc3)[nH]2)N[C@@H]1C. The molecule has 2 aliphatic rings. The molecule has 6 rings (SSSR count). The number of amides is 1. The van der Waals surface area contributed by atoms with Crippen LogP contribution in [-0.2, 0) is 4.74 Å². The molecule has 0 aliphatic carbocycles. The van der Waals surface area contributed by atoms with Gasteiger partial charge in [0.15, 0.2) is 0 Å². The maximum Gasteiger partial charge on any atom is 0.425 e. The van der Waals surface area contributed by atoms with Gasteiger partial charge in [-0.3, -0.25) is 0 Å². The molecule has 0 saturated carbocycles. The fourth-order valence-corrected chi connectivity index (χ4v) is 5.92. The third-order valence-corrected chi connectivity index (χ3v) is 8.46. The van der Waals surface area contributed by atoms with E-state index in [1.54, 1.807) is 5.01 Å². The molecule has 0 unspecified atom stereocenters. The minimum atomic E-state index is -0.561. The summed E-state index contributed by atoms with van der Waals surface area (Å²) in [7, 11) is 1.90. The number of hydrogen-bond acceptors (Lipinski definition) is 6. The molecule has 4 aromatic rings. The summed E-state index contributed by atoms with van der Waals surface area (Å²) in [6.07, 6.45) is 5.30. The van der Waals surface area contributed by atoms with Crippen molar-refractivity contribution in [3.63, 3.8) is 0 Å². The number of nitrogens with zero attached hydrogens (tertiary/aromatic N) is 4. The topological polar surface area (TPSA) is 102 Å². The van der Waals surface area contributed by atoms with Gasteiger partial charge in [0, 0.05) is 19.6 Å². The molecule has 2 aromatic heterocycles. The first-order chi connectivity index (χ1) is 20.1. The number of ether oxygens (including phenoxy) is 1. The second-order valence-corrected chi connectivity index (χ2v) is 12.8. The summed E-state index contributed by atoms with van der Waals surface area (Å²) < 4.78 is 5.65. The second kappa shape index (κ2) is 11.0. The lowest BCUT2D eigenvalue weighted by Gasteiger charge is -2.31. The number of aromatic amines is 2. The number of hydrogen-bond donors (Lipinski definition) is 3. The molecule has 42 heavy (non-hydrogen) atoms. The van der Waals surface area contributed by atoms with Gasteiger partial charge in [-0.2, -0.15) is 0 Å². The van der Waals surface area contributed by atoms with E-state index in [1.807, 2.05) is 45.2 Å². The first kappa shape index (κ1) is 28.2. The minimum absolute atomic E-state index is 0.191. The van der Waals surface area contributed by atoms with E-state index in [4.69, 9.17) is 4.74 Å². The summed E-state index contributed by atoms with van der Waals surface area (Å²) in [6.45, 7) is 10.9. The fraction of sp³-hybridized carbons (Fsp3) is 0.424. The predicted octanol–water partition coefficient (Wildman–Crippen LogP) is 6.72. The molecule has 9 nitrogen and oxygen atoms in total. The van der Waals surface area contributed by atoms with Crippen molar-refractivity contribution in [2.75, 3.05) is 13.6 Å². The fourth-order valence-electron chi connectivity index (χ4n) is 5.92. The van der Waals surface area contributed by atoms with E-state index in [0.717, 1.165) is 64.7 Å². The van der Waals surface area contributed by atoms with Gasteiger partial charge in [-0.05, 0) is 68.7 Å². The number of carbonyl (C=O) groups is 1. The molecule has 0 spiro atoms. The third-order valence-electron chi connectivity index (χ3n) is 8.46. The molecule has 0 bridgehead atoms. The van der Waals surface area contributed by atoms with Crippen LogP contribution in [0.2, 0.25) is 0 Å². The number of H-pyrrole nitrogens is 2. The van der Waals surface area contributed by atoms with E-state index < -0.39 is 5.60 Å². The average Bonchev–Trinajstić information content (AvgIpc) is 3.75. The van der Waals surface area contributed by atoms with Crippen molar-refractivity contribution < 1.29 is 9.53 Å². The van der Waals surface area contributed by atoms with E-state index in [1.165, 1.54) is 0 Å². The summed E-state index contributed by atoms with van der Waals surface area (Å²) >= 11 is 0. The molecule has 2 aliphatic heterocycles. The Bertz CT molecular complexity index is 1520. The number of carbonyl (C=O) groups excluding carboxylic acids is 1. The van der Waals surface area contributed by atoms with Gasteiger partial charge < -0.3 is 20.0 Å². The molecule has 0 radical (unpaired) electrons. The first-order valence-electron chi connectivity index (χ1n) is 14.9. The molecular formula is C33H41N7O2. The zero-order valence-corrected chi connectivity index (χ0v) is 25.3. The maximum atomic E-state index is 12.9. The van der Waals surface area contributed by atoms with Crippen LogP contribution in [0.25, 0.3) is 33.6 Å². The van der Waals surface area contributed by atoms with Crippen LogP contribution in [0.3, 0.4) is 0 Å². The Labute approximate surface area is 247 Å². The van der Waals surface area contributed by atoms with Crippen LogP contribution < -0.4 is 5.32 Å². The summed E-state index contributed by atoms with van der Waals surface area (Å²) in [5.74, 6) is 2.42. The van der Waals surface area contributed by atoms with Gasteiger partial charge in [-0.1, -0.05) is 55.5 Å². The average molecular weight is 568 g/mol. The van der Waals surface area contributed by atoms with Gasteiger partial charge in [0.1, 0.15) is 23.3 Å². The lowest BCUT2D eigenvalue weighted by molar-refractivity contribution is -0.0318. The number of imidazole rings is 2. The number of benzene rings is 2. The molecule has 9 heteroatoms. The van der Waals surface area contributed by atoms with Gasteiger partial charge in [-0.15, -0.1) is 0 Å². The molecular weight excluding hydrogens is 526 g/mol. The molecule has 3 N–H and O–H groups in total. The molecule has 2 saturated heterocycles. The van der Waals surface area contributed by atoms with Crippen molar-refractivity contribution >= 4 is 6.09 Å². The molecule has 220 valence electrons. The first-order valence-corrected chi connectivity index (χ1v) is 14.9. The van der Waals surface area contributed by atoms with Crippen LogP contribution in [0.5, 0.6) is 0 Å². The normalized spacial score (nSPS) is 23.0. The summed E-state index contributed by atoms with van der Waals surface area (Å²) in [5, 5.41) is 7.21. The predicted molar refractivity (Wildman–Crippen MR) is 164 cm³/mol. The lowest BCUT2D eigenvalue weighted by Crippen LogP contribution is -2.43. The lowest BCUT2D eigenvalue weighted by atomic mass is 10.0. The van der Waals surface area contributed by atoms with E-state index in [9.17, 15) is 4.79 Å². The van der Waals surface area contributed by atoms with Crippen molar-refractivity contribution in [1.82, 2.24) is 35.3 Å². The second-order valence-electron chi connectivity index (χ2n) is 12.8. The Morgan fingerprint density at radius 1 is 0.857 bits per heavy atom. The van der Waals surface area contributed by atoms with Gasteiger partial charge in [0.2, 0.25) is 0 Å². The smallest absolute Gasteiger partial charge is 0.425 e. The Hall–Kier alpha value is -3.95. The molecule has 4 heterocycles. The standard InChI is InChI=1S/C33H41N7O2/c1-20-17-26(36-21(20)2)30-34-18-27(37-30)24-11-7-22(8-12-24)23-9-13-25(14-10-23)28-19-35-31(38-28)29-15-16-39(6)40(29)32(41)42-33(3,4)5/h7-14,18-21,26,29,36H,15-17H2,1-6H3,(H,34,37)(H,35,38)/t20-,21-,26+,29+/m1/s1. The third kappa shape index (κ3) is 5.71. The van der Waals surface area contributed by atoms with Gasteiger partial charge >= 0.3 is 6.09 Å². The highest BCUT2D eigenvalue weighted by atomic mass is 16.6. The molecule has 1 amide bonds. The monoisotopic (exact) mass is 567 g/mol. The molecule has 2 aromatic carbocycles. The number of rotatable bonds is 5. The van der Waals surface area contributed by atoms with E-state index in [2.05, 4.69) is 87.6 Å². The minimum Gasteiger partial charge on any atom is -0.443 e. The number of aromatic nitrogens is 4. The molecule has 2 fully saturated rings. The number of nitrogens with one attached hydrogen (secondary N) is 3. The highest BCUT2D eigenvalue weighted by Gasteiger charge is 2.38. The summed E-state index contributed by atoms with van der Waals surface area (Å²) in [5.41, 5.74) is 5.85. The Kier molecular flexibility index (Phi) is 7.41. The largest absolute Gasteiger partial charge is 0.443 e. The maximum absolute atomic E-state index is 12.9. The van der Waals surface area contributed by atoms with E-state index in [0.29, 0.717) is 12.0 Å². The Morgan fingerprint density at radius 2 is 1.38 bits per heavy atom. The quantitative estimate of drug-likeness (QED) is 0.247. The highest BCUT2D eigenvalue weighted by molar-refractivity contribution is 5.72. The van der Waals surface area contributed by atoms with Crippen molar-refractivity contribution in [2.24, 2.45) is 5.92 Å². The van der Waals surface area contributed by atoms with Crippen molar-refractivity contribution in [1.29, 1.82) is 0 Å². The Balaban J connectivity index is 1.13. The van der Waals surface area contributed by atoms with E-state index >= 15 is 0 Å².